The zero-order valence-corrected chi connectivity index (χ0v) is 10.7. The third-order valence-electron chi connectivity index (χ3n) is 3.79. The summed E-state index contributed by atoms with van der Waals surface area (Å²) in [4.78, 5) is 15.9. The zero-order chi connectivity index (χ0) is 12.5. The predicted octanol–water partition coefficient (Wildman–Crippen LogP) is -0.783. The van der Waals surface area contributed by atoms with Crippen LogP contribution in [0.5, 0.6) is 0 Å². The average Bonchev–Trinajstić information content (AvgIpc) is 3.04. The number of hydrogen-bond acceptors (Lipinski definition) is 4. The van der Waals surface area contributed by atoms with Crippen molar-refractivity contribution in [2.24, 2.45) is 17.4 Å². The Morgan fingerprint density at radius 2 is 1.76 bits per heavy atom. The molecule has 0 bridgehead atoms. The number of carbonyl (C=O) groups excluding carboxylic acids is 1. The van der Waals surface area contributed by atoms with Crippen molar-refractivity contribution in [2.45, 2.75) is 25.3 Å². The number of piperazine rings is 1. The molecule has 0 aromatic heterocycles. The fraction of sp³-hybridized carbons (Fsp3) is 0.917. The number of nitrogens with zero attached hydrogens (tertiary/aromatic N) is 2. The number of rotatable bonds is 5. The standard InChI is InChI=1S/C12H24N4O/c1-12(14,11(13)17)9-16-6-4-15(5-7-16)8-10-2-3-10/h10H,2-9,14H2,1H3,(H2,13,17). The first-order valence-corrected chi connectivity index (χ1v) is 6.51. The maximum atomic E-state index is 11.2. The highest BCUT2D eigenvalue weighted by molar-refractivity contribution is 5.84. The fourth-order valence-corrected chi connectivity index (χ4v) is 2.34. The Bertz CT molecular complexity index is 280. The largest absolute Gasteiger partial charge is 0.368 e. The van der Waals surface area contributed by atoms with Crippen LogP contribution in [0.15, 0.2) is 0 Å². The first-order chi connectivity index (χ1) is 7.97. The van der Waals surface area contributed by atoms with Gasteiger partial charge in [-0.1, -0.05) is 0 Å². The van der Waals surface area contributed by atoms with Gasteiger partial charge in [0.15, 0.2) is 0 Å². The molecular weight excluding hydrogens is 216 g/mol. The van der Waals surface area contributed by atoms with Crippen LogP contribution in [-0.4, -0.2) is 60.5 Å². The van der Waals surface area contributed by atoms with Crippen molar-refractivity contribution in [1.82, 2.24) is 9.80 Å². The van der Waals surface area contributed by atoms with E-state index in [2.05, 4.69) is 9.80 Å². The second-order valence-corrected chi connectivity index (χ2v) is 5.80. The van der Waals surface area contributed by atoms with Crippen LogP contribution in [0, 0.1) is 5.92 Å². The van der Waals surface area contributed by atoms with Crippen LogP contribution in [0.25, 0.3) is 0 Å². The summed E-state index contributed by atoms with van der Waals surface area (Å²) in [6.45, 7) is 7.70. The molecule has 1 saturated carbocycles. The van der Waals surface area contributed by atoms with Crippen molar-refractivity contribution in [1.29, 1.82) is 0 Å². The van der Waals surface area contributed by atoms with Crippen molar-refractivity contribution in [3.63, 3.8) is 0 Å². The topological polar surface area (TPSA) is 75.6 Å². The van der Waals surface area contributed by atoms with Crippen LogP contribution in [0.3, 0.4) is 0 Å². The quantitative estimate of drug-likeness (QED) is 0.661. The lowest BCUT2D eigenvalue weighted by Crippen LogP contribution is -2.59. The molecule has 2 fully saturated rings. The first kappa shape index (κ1) is 12.8. The molecule has 4 N–H and O–H groups in total. The van der Waals surface area contributed by atoms with Crippen molar-refractivity contribution in [3.05, 3.63) is 0 Å². The van der Waals surface area contributed by atoms with Gasteiger partial charge in [-0.3, -0.25) is 9.69 Å². The predicted molar refractivity (Wildman–Crippen MR) is 67.4 cm³/mol. The van der Waals surface area contributed by atoms with Gasteiger partial charge in [0.1, 0.15) is 5.54 Å². The summed E-state index contributed by atoms with van der Waals surface area (Å²) in [6, 6.07) is 0. The molecule has 0 radical (unpaired) electrons. The van der Waals surface area contributed by atoms with Crippen LogP contribution in [0.2, 0.25) is 0 Å². The van der Waals surface area contributed by atoms with Crippen molar-refractivity contribution in [2.75, 3.05) is 39.3 Å². The van der Waals surface area contributed by atoms with Crippen LogP contribution in [-0.2, 0) is 4.79 Å². The number of primary amides is 1. The third-order valence-corrected chi connectivity index (χ3v) is 3.79. The van der Waals surface area contributed by atoms with Crippen LogP contribution in [0.4, 0.5) is 0 Å². The molecule has 1 atom stereocenters. The van der Waals surface area contributed by atoms with Gasteiger partial charge in [-0.05, 0) is 25.7 Å². The molecule has 1 saturated heterocycles. The number of hydrogen-bond donors (Lipinski definition) is 2. The van der Waals surface area contributed by atoms with Gasteiger partial charge in [0.05, 0.1) is 0 Å². The Labute approximate surface area is 103 Å². The third kappa shape index (κ3) is 3.66. The molecular formula is C12H24N4O. The molecule has 5 nitrogen and oxygen atoms in total. The molecule has 1 heterocycles. The van der Waals surface area contributed by atoms with Crippen molar-refractivity contribution >= 4 is 5.91 Å². The Morgan fingerprint density at radius 1 is 1.24 bits per heavy atom. The number of carbonyl (C=O) groups is 1. The monoisotopic (exact) mass is 240 g/mol. The normalized spacial score (nSPS) is 26.7. The second kappa shape index (κ2) is 4.92. The molecule has 98 valence electrons. The van der Waals surface area contributed by atoms with E-state index in [4.69, 9.17) is 11.5 Å². The number of nitrogens with two attached hydrogens (primary N) is 2. The smallest absolute Gasteiger partial charge is 0.238 e. The van der Waals surface area contributed by atoms with E-state index < -0.39 is 11.4 Å². The Kier molecular flexibility index (Phi) is 3.70. The fourth-order valence-electron chi connectivity index (χ4n) is 2.34. The molecule has 1 unspecified atom stereocenters. The highest BCUT2D eigenvalue weighted by Gasteiger charge is 2.31. The van der Waals surface area contributed by atoms with Gasteiger partial charge in [0, 0.05) is 39.3 Å². The molecule has 0 spiro atoms. The van der Waals surface area contributed by atoms with Crippen LogP contribution < -0.4 is 11.5 Å². The average molecular weight is 240 g/mol. The Balaban J connectivity index is 1.72. The van der Waals surface area contributed by atoms with Crippen molar-refractivity contribution in [3.8, 4) is 0 Å². The summed E-state index contributed by atoms with van der Waals surface area (Å²) in [5, 5.41) is 0. The molecule has 5 heteroatoms. The minimum absolute atomic E-state index is 0.419. The van der Waals surface area contributed by atoms with Crippen molar-refractivity contribution < 1.29 is 4.79 Å². The van der Waals surface area contributed by atoms with Gasteiger partial charge in [-0.25, -0.2) is 0 Å². The minimum Gasteiger partial charge on any atom is -0.368 e. The highest BCUT2D eigenvalue weighted by Crippen LogP contribution is 2.29. The van der Waals surface area contributed by atoms with Gasteiger partial charge in [0.25, 0.3) is 0 Å². The lowest BCUT2D eigenvalue weighted by molar-refractivity contribution is -0.123. The molecule has 2 aliphatic rings. The van der Waals surface area contributed by atoms with Gasteiger partial charge >= 0.3 is 0 Å². The van der Waals surface area contributed by atoms with Gasteiger partial charge in [-0.2, -0.15) is 0 Å². The Morgan fingerprint density at radius 3 is 2.24 bits per heavy atom. The lowest BCUT2D eigenvalue weighted by Gasteiger charge is -2.37. The summed E-state index contributed by atoms with van der Waals surface area (Å²) < 4.78 is 0. The molecule has 17 heavy (non-hydrogen) atoms. The summed E-state index contributed by atoms with van der Waals surface area (Å²) in [7, 11) is 0. The van der Waals surface area contributed by atoms with Crippen LogP contribution in [0.1, 0.15) is 19.8 Å². The van der Waals surface area contributed by atoms with E-state index in [1.165, 1.54) is 19.4 Å². The molecule has 1 aliphatic carbocycles. The molecule has 1 amide bonds. The van der Waals surface area contributed by atoms with Crippen LogP contribution >= 0.6 is 0 Å². The summed E-state index contributed by atoms with van der Waals surface area (Å²) in [5.74, 6) is 0.532. The van der Waals surface area contributed by atoms with E-state index >= 15 is 0 Å². The Hall–Kier alpha value is -0.650. The van der Waals surface area contributed by atoms with E-state index in [9.17, 15) is 4.79 Å². The summed E-state index contributed by atoms with van der Waals surface area (Å²) in [6.07, 6.45) is 2.81. The second-order valence-electron chi connectivity index (χ2n) is 5.80. The summed E-state index contributed by atoms with van der Waals surface area (Å²) in [5.41, 5.74) is 10.3. The molecule has 0 aromatic carbocycles. The van der Waals surface area contributed by atoms with E-state index in [-0.39, 0.29) is 0 Å². The molecule has 2 rings (SSSR count). The molecule has 0 aromatic rings. The zero-order valence-electron chi connectivity index (χ0n) is 10.7. The summed E-state index contributed by atoms with van der Waals surface area (Å²) >= 11 is 0. The first-order valence-electron chi connectivity index (χ1n) is 6.51. The lowest BCUT2D eigenvalue weighted by atomic mass is 10.0. The maximum absolute atomic E-state index is 11.2. The van der Waals surface area contributed by atoms with E-state index in [0.717, 1.165) is 32.1 Å². The van der Waals surface area contributed by atoms with Gasteiger partial charge < -0.3 is 16.4 Å². The van der Waals surface area contributed by atoms with E-state index in [1.807, 2.05) is 0 Å². The van der Waals surface area contributed by atoms with Gasteiger partial charge in [-0.15, -0.1) is 0 Å². The highest BCUT2D eigenvalue weighted by atomic mass is 16.1. The van der Waals surface area contributed by atoms with Gasteiger partial charge in [0.2, 0.25) is 5.91 Å². The number of amides is 1. The van der Waals surface area contributed by atoms with E-state index in [0.29, 0.717) is 6.54 Å². The SMILES string of the molecule is CC(N)(CN1CCN(CC2CC2)CC1)C(N)=O. The maximum Gasteiger partial charge on any atom is 0.238 e. The van der Waals surface area contributed by atoms with E-state index in [1.54, 1.807) is 6.92 Å². The molecule has 1 aliphatic heterocycles. The minimum atomic E-state index is -0.904.